The molecule has 0 fully saturated rings. The number of ketones is 3. The van der Waals surface area contributed by atoms with Gasteiger partial charge in [-0.25, -0.2) is 9.59 Å². The molecular weight excluding hydrogens is 1130 g/mol. The van der Waals surface area contributed by atoms with Crippen LogP contribution in [0.5, 0.6) is 0 Å². The molecule has 0 heterocycles. The van der Waals surface area contributed by atoms with Crippen LogP contribution in [0.3, 0.4) is 0 Å². The minimum atomic E-state index is -1.83. The molecule has 24 heteroatoms. The fourth-order valence-electron chi connectivity index (χ4n) is 2.03. The number of carbonyl (C=O) groups excluding carboxylic acids is 8. The second-order valence-electron chi connectivity index (χ2n) is 6.59. The number of ether oxygens (including phenoxy) is 3. The molecule has 0 aromatic carbocycles. The maximum absolute atomic E-state index is 11.6. The van der Waals surface area contributed by atoms with E-state index in [4.69, 9.17) is 16.7 Å². The van der Waals surface area contributed by atoms with Crippen LogP contribution in [0.25, 0.3) is 0 Å². The predicted molar refractivity (Wildman–Crippen MR) is 139 cm³/mol. The third-order valence-electron chi connectivity index (χ3n) is 3.65. The van der Waals surface area contributed by atoms with Gasteiger partial charge in [-0.2, -0.15) is 11.1 Å². The quantitative estimate of drug-likeness (QED) is 0.0267. The number of halogens is 1. The molecule has 1 atom stereocenters. The topological polar surface area (TPSA) is 303 Å². The third kappa shape index (κ3) is 33.0. The van der Waals surface area contributed by atoms with E-state index in [-0.39, 0.29) is 121 Å². The zero-order valence-electron chi connectivity index (χ0n) is 25.7. The van der Waals surface area contributed by atoms with Crippen molar-refractivity contribution in [2.45, 2.75) is 46.4 Å². The van der Waals surface area contributed by atoms with Gasteiger partial charge in [0.2, 0.25) is 0 Å². The van der Waals surface area contributed by atoms with Crippen LogP contribution < -0.4 is 51.4 Å². The Morgan fingerprint density at radius 3 is 1.04 bits per heavy atom. The van der Waals surface area contributed by atoms with Gasteiger partial charge in [-0.15, -0.1) is 0 Å². The molecule has 1 unspecified atom stereocenters. The molecule has 286 valence electrons. The number of carboxylic acid groups (broad SMARTS) is 2. The van der Waals surface area contributed by atoms with Gasteiger partial charge in [-0.1, -0.05) is 15.9 Å². The van der Waals surface area contributed by atoms with Crippen molar-refractivity contribution in [3.05, 3.63) is 22.3 Å². The Bertz CT molecular complexity index is 1080. The Balaban J connectivity index is -0.0000000642. The van der Waals surface area contributed by atoms with Crippen molar-refractivity contribution >= 4 is 75.7 Å². The summed E-state index contributed by atoms with van der Waals surface area (Å²) in [5, 5.41) is 16.3. The number of esters is 3. The van der Waals surface area contributed by atoms with Gasteiger partial charge in [-0.05, 0) is 41.5 Å². The number of hydrogen-bond donors (Lipinski definition) is 2. The molecule has 18 nitrogen and oxygen atoms in total. The first kappa shape index (κ1) is 69.6. The van der Waals surface area contributed by atoms with E-state index >= 15 is 0 Å². The van der Waals surface area contributed by atoms with Gasteiger partial charge in [0.15, 0.2) is 34.1 Å². The molecule has 0 amide bonds. The van der Waals surface area contributed by atoms with E-state index < -0.39 is 68.5 Å². The molecule has 0 rings (SSSR count). The molecule has 0 aliphatic rings. The Kier molecular flexibility index (Phi) is 65.0. The van der Waals surface area contributed by atoms with Crippen molar-refractivity contribution in [2.75, 3.05) is 19.8 Å². The molecule has 0 aromatic rings. The first-order valence-corrected chi connectivity index (χ1v) is 13.3. The van der Waals surface area contributed by atoms with Crippen LogP contribution in [-0.2, 0) is 155 Å². The van der Waals surface area contributed by atoms with Gasteiger partial charge in [0.25, 0.3) is 0 Å². The predicted octanol–water partition coefficient (Wildman–Crippen LogP) is -3.26. The van der Waals surface area contributed by atoms with Crippen LogP contribution in [0.4, 0.5) is 0 Å². The van der Waals surface area contributed by atoms with Crippen molar-refractivity contribution in [2.24, 2.45) is 0 Å². The molecule has 0 spiro atoms. The zero-order valence-corrected chi connectivity index (χ0v) is 36.4. The molecule has 0 aliphatic carbocycles. The molecule has 0 saturated carbocycles. The first-order chi connectivity index (χ1) is 20.5. The number of alkyl halides is 1. The maximum atomic E-state index is 11.6. The number of hydrogen-bond acceptors (Lipinski definition) is 16. The first-order valence-electron chi connectivity index (χ1n) is 11.1. The Labute approximate surface area is 381 Å². The molecular formula is C24H28Ag4BrKO18-2. The van der Waals surface area contributed by atoms with E-state index in [1.165, 1.54) is 6.92 Å². The average Bonchev–Trinajstić information content (AvgIpc) is 2.96. The summed E-state index contributed by atoms with van der Waals surface area (Å²) in [4.78, 5) is 106. The third-order valence-corrected chi connectivity index (χ3v) is 4.66. The van der Waals surface area contributed by atoms with Crippen molar-refractivity contribution < 1.29 is 223 Å². The summed E-state index contributed by atoms with van der Waals surface area (Å²) < 4.78 is 30.0. The molecule has 2 radical (unpaired) electrons. The Morgan fingerprint density at radius 2 is 0.896 bits per heavy atom. The normalized spacial score (nSPS) is 9.90. The van der Waals surface area contributed by atoms with E-state index in [0.29, 0.717) is 6.61 Å². The minimum absolute atomic E-state index is 0. The summed E-state index contributed by atoms with van der Waals surface area (Å²) in [7, 11) is 0. The number of aliphatic carboxylic acids is 2. The van der Waals surface area contributed by atoms with Gasteiger partial charge in [0, 0.05) is 57.3 Å². The van der Waals surface area contributed by atoms with Crippen LogP contribution in [0.2, 0.25) is 0 Å². The average molecular weight is 1150 g/mol. The summed E-state index contributed by atoms with van der Waals surface area (Å²) in [6.45, 7) is 8.64. The number of Topliss-reactive ketones (excluding diaryl/α,β-unsaturated/α-hetero) is 3. The second-order valence-corrected chi connectivity index (χ2v) is 7.51. The van der Waals surface area contributed by atoms with Crippen LogP contribution in [0.15, 0.2) is 22.3 Å². The van der Waals surface area contributed by atoms with E-state index in [1.807, 2.05) is 0 Å². The molecule has 0 bridgehead atoms. The van der Waals surface area contributed by atoms with Gasteiger partial charge in [0.05, 0.1) is 19.8 Å². The molecule has 0 aliphatic heterocycles. The zero-order chi connectivity index (χ0) is 36.2. The van der Waals surface area contributed by atoms with Crippen LogP contribution in [0, 0.1) is 0 Å². The van der Waals surface area contributed by atoms with Gasteiger partial charge in [-0.3, -0.25) is 19.2 Å². The summed E-state index contributed by atoms with van der Waals surface area (Å²) in [5.74, 6) is -7.84. The second kappa shape index (κ2) is 44.8. The van der Waals surface area contributed by atoms with E-state index in [2.05, 4.69) is 30.1 Å². The van der Waals surface area contributed by atoms with E-state index in [9.17, 15) is 47.9 Å². The van der Waals surface area contributed by atoms with E-state index in [0.717, 1.165) is 26.4 Å². The summed E-state index contributed by atoms with van der Waals surface area (Å²) in [6.07, 6.45) is 1.64. The Hall–Kier alpha value is -0.183. The van der Waals surface area contributed by atoms with Crippen molar-refractivity contribution in [3.63, 3.8) is 0 Å². The summed E-state index contributed by atoms with van der Waals surface area (Å²) >= 11 is 6.28. The van der Waals surface area contributed by atoms with Gasteiger partial charge < -0.3 is 49.1 Å². The number of carboxylic acids is 2. The standard InChI is InChI=1S/C12H16O6.C6H9BrO3.C6H2O6.4Ag.K.H2O.2O/c1-5-17-11(15)9(7(3)13)10(8(4)14)12(16)18-6-2;1-3-10-6(9)5(7)4(2)8;7-1-3(5(9)10)4(2-8)6(11)12;;;;;;;;/h5-6H2,1-4H3;5H,3H2,1-2H3;(H,9,10)(H,11,12);;;;;;1H2;;/q;;-2;;;;;+1;;;/p-1/b10-9-;;4-3-;;;;;;;;. The van der Waals surface area contributed by atoms with Gasteiger partial charge in [0.1, 0.15) is 11.1 Å². The van der Waals surface area contributed by atoms with Gasteiger partial charge >= 0.3 is 118 Å². The van der Waals surface area contributed by atoms with Crippen molar-refractivity contribution in [1.29, 1.82) is 0 Å². The SMILES string of the molecule is CCOC(=O)/C(C(C)=O)=C(/C(C)=O)C(=O)OCC.CCOC(=O)C(Br)C(C)=O.O=[C-]/C(C(=O)O)=C(\[C-]=O)C(=O)O.[Ag].[Ag].[K+].[OH-].[O]=[Ag].[O]=[Ag]. The molecule has 3 N–H and O–H groups in total. The van der Waals surface area contributed by atoms with Crippen LogP contribution in [0.1, 0.15) is 41.5 Å². The molecule has 0 aromatic heterocycles. The Morgan fingerprint density at radius 1 is 0.646 bits per heavy atom. The molecule has 0 saturated heterocycles. The summed E-state index contributed by atoms with van der Waals surface area (Å²) in [6, 6.07) is 0. The number of rotatable bonds is 13. The fraction of sp³-hybridized carbons (Fsp3) is 0.417. The number of carbonyl (C=O) groups is 8. The van der Waals surface area contributed by atoms with Crippen molar-refractivity contribution in [1.82, 2.24) is 0 Å². The fourth-order valence-corrected chi connectivity index (χ4v) is 2.17. The monoisotopic (exact) mass is 1150 g/mol. The van der Waals surface area contributed by atoms with Crippen molar-refractivity contribution in [3.8, 4) is 0 Å². The van der Waals surface area contributed by atoms with Crippen LogP contribution in [-0.4, -0.2) is 100 Å². The molecule has 48 heavy (non-hydrogen) atoms. The summed E-state index contributed by atoms with van der Waals surface area (Å²) in [5.41, 5.74) is -3.61. The van der Waals surface area contributed by atoms with E-state index in [1.54, 1.807) is 62.9 Å². The van der Waals surface area contributed by atoms with Crippen LogP contribution >= 0.6 is 15.9 Å².